The van der Waals surface area contributed by atoms with E-state index in [-0.39, 0.29) is 23.9 Å². The number of hydrogen-bond donors (Lipinski definition) is 2. The second-order valence-corrected chi connectivity index (χ2v) is 7.55. The number of halogens is 1. The number of anilines is 1. The lowest BCUT2D eigenvalue weighted by Crippen LogP contribution is -2.40. The maximum absolute atomic E-state index is 12.6. The highest BCUT2D eigenvalue weighted by Gasteiger charge is 2.22. The number of amides is 1. The number of nitro benzene ring substituents is 1. The fourth-order valence-corrected chi connectivity index (χ4v) is 3.48. The Balaban J connectivity index is 1.40. The average Bonchev–Trinajstić information content (AvgIpc) is 2.81. The maximum atomic E-state index is 12.6. The van der Waals surface area contributed by atoms with Crippen LogP contribution in [-0.4, -0.2) is 30.1 Å². The summed E-state index contributed by atoms with van der Waals surface area (Å²) in [6.07, 6.45) is -0.361. The van der Waals surface area contributed by atoms with Crippen LogP contribution in [0, 0.1) is 10.1 Å². The molecule has 1 amide bonds. The zero-order valence-electron chi connectivity index (χ0n) is 16.9. The van der Waals surface area contributed by atoms with Gasteiger partial charge in [-0.1, -0.05) is 41.9 Å². The fourth-order valence-electron chi connectivity index (χ4n) is 3.28. The second-order valence-electron chi connectivity index (χ2n) is 7.14. The van der Waals surface area contributed by atoms with Crippen molar-refractivity contribution in [3.05, 3.63) is 93.0 Å². The van der Waals surface area contributed by atoms with E-state index < -0.39 is 10.8 Å². The number of nitrogens with zero attached hydrogens (tertiary/aromatic N) is 1. The maximum Gasteiger partial charge on any atom is 0.293 e. The molecule has 0 aliphatic carbocycles. The van der Waals surface area contributed by atoms with Gasteiger partial charge in [-0.3, -0.25) is 14.9 Å². The summed E-state index contributed by atoms with van der Waals surface area (Å²) in [7, 11) is 0. The first kappa shape index (κ1) is 21.5. The summed E-state index contributed by atoms with van der Waals surface area (Å²) in [6, 6.07) is 18.8. The van der Waals surface area contributed by atoms with Crippen LogP contribution >= 0.6 is 11.6 Å². The molecule has 8 nitrogen and oxygen atoms in total. The third-order valence-electron chi connectivity index (χ3n) is 4.94. The zero-order chi connectivity index (χ0) is 22.5. The Morgan fingerprint density at radius 2 is 1.84 bits per heavy atom. The number of ether oxygens (including phenoxy) is 2. The predicted molar refractivity (Wildman–Crippen MR) is 121 cm³/mol. The lowest BCUT2D eigenvalue weighted by Gasteiger charge is -2.26. The second kappa shape index (κ2) is 9.57. The van der Waals surface area contributed by atoms with Crippen molar-refractivity contribution >= 4 is 28.9 Å². The highest BCUT2D eigenvalue weighted by atomic mass is 35.5. The normalized spacial score (nSPS) is 14.5. The number of rotatable bonds is 7. The van der Waals surface area contributed by atoms with Crippen molar-refractivity contribution in [1.82, 2.24) is 5.32 Å². The molecule has 9 heteroatoms. The van der Waals surface area contributed by atoms with Gasteiger partial charge in [0, 0.05) is 23.2 Å². The summed E-state index contributed by atoms with van der Waals surface area (Å²) in [6.45, 7) is 0.808. The molecular formula is C23H20ClN3O5. The van der Waals surface area contributed by atoms with E-state index in [0.29, 0.717) is 35.4 Å². The Hall–Kier alpha value is -3.78. The summed E-state index contributed by atoms with van der Waals surface area (Å²) < 4.78 is 11.4. The number of fused-ring (bicyclic) bond motifs is 1. The van der Waals surface area contributed by atoms with E-state index in [2.05, 4.69) is 10.6 Å². The Morgan fingerprint density at radius 3 is 2.62 bits per heavy atom. The molecule has 2 N–H and O–H groups in total. The minimum absolute atomic E-state index is 0.178. The van der Waals surface area contributed by atoms with Crippen LogP contribution in [0.25, 0.3) is 0 Å². The van der Waals surface area contributed by atoms with Gasteiger partial charge in [0.2, 0.25) is 0 Å². The minimum atomic E-state index is -0.527. The van der Waals surface area contributed by atoms with Crippen LogP contribution in [0.2, 0.25) is 5.02 Å². The van der Waals surface area contributed by atoms with Crippen molar-refractivity contribution in [2.75, 3.05) is 18.5 Å². The van der Waals surface area contributed by atoms with Gasteiger partial charge in [0.15, 0.2) is 11.5 Å². The first-order valence-electron chi connectivity index (χ1n) is 9.93. The molecule has 0 radical (unpaired) electrons. The number of carbonyl (C=O) groups is 1. The van der Waals surface area contributed by atoms with E-state index in [4.69, 9.17) is 21.1 Å². The van der Waals surface area contributed by atoms with Gasteiger partial charge in [0.05, 0.1) is 11.5 Å². The molecule has 0 saturated carbocycles. The van der Waals surface area contributed by atoms with E-state index in [1.165, 1.54) is 18.2 Å². The lowest BCUT2D eigenvalue weighted by atomic mass is 10.1. The van der Waals surface area contributed by atoms with E-state index in [1.807, 2.05) is 36.4 Å². The molecule has 0 bridgehead atoms. The Kier molecular flexibility index (Phi) is 6.42. The molecule has 3 aromatic rings. The molecular weight excluding hydrogens is 434 g/mol. The highest BCUT2D eigenvalue weighted by molar-refractivity contribution is 6.31. The fraction of sp³-hybridized carbons (Fsp3) is 0.174. The number of nitro groups is 1. The molecule has 1 atom stereocenters. The van der Waals surface area contributed by atoms with Crippen LogP contribution in [0.5, 0.6) is 11.5 Å². The molecule has 0 spiro atoms. The van der Waals surface area contributed by atoms with Crippen LogP contribution in [0.4, 0.5) is 11.4 Å². The van der Waals surface area contributed by atoms with Gasteiger partial charge in [0.1, 0.15) is 18.4 Å². The quantitative estimate of drug-likeness (QED) is 0.405. The van der Waals surface area contributed by atoms with E-state index in [1.54, 1.807) is 12.1 Å². The van der Waals surface area contributed by atoms with Gasteiger partial charge >= 0.3 is 0 Å². The third kappa shape index (κ3) is 4.92. The smallest absolute Gasteiger partial charge is 0.293 e. The number of carbonyl (C=O) groups excluding carboxylic acids is 1. The first-order chi connectivity index (χ1) is 15.5. The third-order valence-corrected chi connectivity index (χ3v) is 5.31. The Morgan fingerprint density at radius 1 is 1.09 bits per heavy atom. The van der Waals surface area contributed by atoms with Gasteiger partial charge in [0.25, 0.3) is 11.6 Å². The van der Waals surface area contributed by atoms with Gasteiger partial charge in [-0.25, -0.2) is 0 Å². The number of nitrogens with one attached hydrogen (secondary N) is 2. The number of para-hydroxylation sites is 2. The average molecular weight is 454 g/mol. The van der Waals surface area contributed by atoms with Gasteiger partial charge in [-0.2, -0.15) is 0 Å². The summed E-state index contributed by atoms with van der Waals surface area (Å²) in [5.74, 6) is 0.835. The Bertz CT molecular complexity index is 1150. The van der Waals surface area contributed by atoms with Crippen LogP contribution < -0.4 is 20.1 Å². The van der Waals surface area contributed by atoms with E-state index >= 15 is 0 Å². The van der Waals surface area contributed by atoms with Crippen LogP contribution in [0.1, 0.15) is 15.9 Å². The number of benzene rings is 3. The van der Waals surface area contributed by atoms with Gasteiger partial charge in [-0.15, -0.1) is 0 Å². The molecule has 1 aliphatic heterocycles. The van der Waals surface area contributed by atoms with Crippen molar-refractivity contribution in [2.24, 2.45) is 0 Å². The SMILES string of the molecule is O=C(NC[C@H]1COc2ccccc2O1)c1ccc(NCc2ccccc2Cl)c([N+](=O)[O-])c1. The monoisotopic (exact) mass is 453 g/mol. The van der Waals surface area contributed by atoms with Crippen molar-refractivity contribution in [3.8, 4) is 11.5 Å². The summed E-state index contributed by atoms with van der Waals surface area (Å²) >= 11 is 6.14. The molecule has 1 heterocycles. The standard InChI is InChI=1S/C23H20ClN3O5/c24-18-6-2-1-5-16(18)12-25-19-10-9-15(11-20(19)27(29)30)23(28)26-13-17-14-31-21-7-3-4-8-22(21)32-17/h1-11,17,25H,12-14H2,(H,26,28)/t17-/m0/s1. The summed E-state index contributed by atoms with van der Waals surface area (Å²) in [4.78, 5) is 23.6. The molecule has 0 aromatic heterocycles. The van der Waals surface area contributed by atoms with Gasteiger partial charge in [-0.05, 0) is 35.9 Å². The molecule has 0 saturated heterocycles. The molecule has 4 rings (SSSR count). The first-order valence-corrected chi connectivity index (χ1v) is 10.3. The molecule has 32 heavy (non-hydrogen) atoms. The Labute approximate surface area is 189 Å². The molecule has 3 aromatic carbocycles. The minimum Gasteiger partial charge on any atom is -0.486 e. The largest absolute Gasteiger partial charge is 0.486 e. The molecule has 164 valence electrons. The van der Waals surface area contributed by atoms with Crippen molar-refractivity contribution in [1.29, 1.82) is 0 Å². The molecule has 0 unspecified atom stereocenters. The van der Waals surface area contributed by atoms with Crippen LogP contribution in [0.3, 0.4) is 0 Å². The predicted octanol–water partition coefficient (Wildman–Crippen LogP) is 4.43. The lowest BCUT2D eigenvalue weighted by molar-refractivity contribution is -0.384. The van der Waals surface area contributed by atoms with Crippen LogP contribution in [0.15, 0.2) is 66.7 Å². The van der Waals surface area contributed by atoms with E-state index in [9.17, 15) is 14.9 Å². The van der Waals surface area contributed by atoms with Crippen molar-refractivity contribution < 1.29 is 19.2 Å². The topological polar surface area (TPSA) is 103 Å². The van der Waals surface area contributed by atoms with Crippen molar-refractivity contribution in [3.63, 3.8) is 0 Å². The summed E-state index contributed by atoms with van der Waals surface area (Å²) in [5.41, 5.74) is 1.08. The van der Waals surface area contributed by atoms with Gasteiger partial charge < -0.3 is 20.1 Å². The molecule has 1 aliphatic rings. The zero-order valence-corrected chi connectivity index (χ0v) is 17.7. The summed E-state index contributed by atoms with van der Waals surface area (Å²) in [5, 5.41) is 17.9. The molecule has 0 fully saturated rings. The van der Waals surface area contributed by atoms with E-state index in [0.717, 1.165) is 5.56 Å². The highest BCUT2D eigenvalue weighted by Crippen LogP contribution is 2.31. The van der Waals surface area contributed by atoms with Crippen LogP contribution in [-0.2, 0) is 6.54 Å². The van der Waals surface area contributed by atoms with Crippen molar-refractivity contribution in [2.45, 2.75) is 12.6 Å². The number of hydrogen-bond acceptors (Lipinski definition) is 6.